The lowest BCUT2D eigenvalue weighted by Gasteiger charge is -2.36. The standard InChI is InChI=1S/C26H31N3O3/c1-17-25-21(13-26(2,3)14-23(25)30)28-20-7-5-6-8-22(20)29(17)16-24(31)27-15-18-9-11-19(32-4)12-10-18/h5-12,17,28H,13-16H2,1-4H3,(H,27,31). The second-order valence-corrected chi connectivity index (χ2v) is 9.40. The van der Waals surface area contributed by atoms with Gasteiger partial charge in [-0.3, -0.25) is 9.59 Å². The fourth-order valence-electron chi connectivity index (χ4n) is 4.66. The minimum atomic E-state index is -0.198. The van der Waals surface area contributed by atoms with Gasteiger partial charge in [0.15, 0.2) is 5.78 Å². The van der Waals surface area contributed by atoms with Gasteiger partial charge in [-0.2, -0.15) is 0 Å². The van der Waals surface area contributed by atoms with E-state index in [-0.39, 0.29) is 29.7 Å². The van der Waals surface area contributed by atoms with Crippen LogP contribution in [-0.2, 0) is 16.1 Å². The maximum Gasteiger partial charge on any atom is 0.239 e. The molecule has 1 heterocycles. The van der Waals surface area contributed by atoms with E-state index in [1.165, 1.54) is 0 Å². The molecule has 1 amide bonds. The molecule has 4 rings (SSSR count). The fraction of sp³-hybridized carbons (Fsp3) is 0.385. The van der Waals surface area contributed by atoms with Gasteiger partial charge in [-0.15, -0.1) is 0 Å². The van der Waals surface area contributed by atoms with E-state index in [4.69, 9.17) is 4.74 Å². The Labute approximate surface area is 189 Å². The van der Waals surface area contributed by atoms with E-state index in [0.717, 1.165) is 40.4 Å². The normalized spacial score (nSPS) is 19.4. The van der Waals surface area contributed by atoms with Crippen molar-refractivity contribution in [1.82, 2.24) is 5.32 Å². The number of nitrogens with one attached hydrogen (secondary N) is 2. The van der Waals surface area contributed by atoms with Crippen molar-refractivity contribution in [1.29, 1.82) is 0 Å². The van der Waals surface area contributed by atoms with Crippen LogP contribution in [0.2, 0.25) is 0 Å². The maximum atomic E-state index is 13.1. The van der Waals surface area contributed by atoms with Crippen molar-refractivity contribution < 1.29 is 14.3 Å². The van der Waals surface area contributed by atoms with E-state index in [0.29, 0.717) is 13.0 Å². The molecular formula is C26H31N3O3. The van der Waals surface area contributed by atoms with E-state index >= 15 is 0 Å². The van der Waals surface area contributed by atoms with Crippen LogP contribution in [0.3, 0.4) is 0 Å². The molecule has 2 aliphatic rings. The lowest BCUT2D eigenvalue weighted by atomic mass is 9.74. The highest BCUT2D eigenvalue weighted by Crippen LogP contribution is 2.43. The number of benzene rings is 2. The molecule has 6 heteroatoms. The van der Waals surface area contributed by atoms with Crippen LogP contribution < -0.4 is 20.3 Å². The van der Waals surface area contributed by atoms with E-state index in [1.807, 2.05) is 60.4 Å². The molecule has 2 aromatic rings. The molecule has 1 aliphatic heterocycles. The Hall–Kier alpha value is -3.28. The van der Waals surface area contributed by atoms with Crippen LogP contribution >= 0.6 is 0 Å². The van der Waals surface area contributed by atoms with Gasteiger partial charge in [-0.25, -0.2) is 0 Å². The molecule has 2 aromatic carbocycles. The first-order valence-electron chi connectivity index (χ1n) is 11.1. The number of Topliss-reactive ketones (excluding diaryl/α,β-unsaturated/α-hetero) is 1. The fourth-order valence-corrected chi connectivity index (χ4v) is 4.66. The molecule has 1 unspecified atom stereocenters. The van der Waals surface area contributed by atoms with Gasteiger partial charge in [0, 0.05) is 24.2 Å². The predicted molar refractivity (Wildman–Crippen MR) is 127 cm³/mol. The molecule has 0 radical (unpaired) electrons. The Kier molecular flexibility index (Phi) is 5.96. The van der Waals surface area contributed by atoms with Crippen LogP contribution in [0.15, 0.2) is 59.8 Å². The summed E-state index contributed by atoms with van der Waals surface area (Å²) in [6, 6.07) is 15.4. The number of allylic oxidation sites excluding steroid dienone is 1. The second-order valence-electron chi connectivity index (χ2n) is 9.40. The molecule has 0 saturated heterocycles. The molecule has 0 fully saturated rings. The Bertz CT molecular complexity index is 1060. The highest BCUT2D eigenvalue weighted by atomic mass is 16.5. The zero-order valence-corrected chi connectivity index (χ0v) is 19.2. The van der Waals surface area contributed by atoms with Gasteiger partial charge >= 0.3 is 0 Å². The highest BCUT2D eigenvalue weighted by Gasteiger charge is 2.39. The number of ether oxygens (including phenoxy) is 1. The number of fused-ring (bicyclic) bond motifs is 1. The van der Waals surface area contributed by atoms with E-state index < -0.39 is 0 Å². The lowest BCUT2D eigenvalue weighted by molar-refractivity contribution is -0.120. The number of hydrogen-bond acceptors (Lipinski definition) is 5. The first-order valence-corrected chi connectivity index (χ1v) is 11.1. The third kappa shape index (κ3) is 4.49. The van der Waals surface area contributed by atoms with Crippen molar-refractivity contribution in [2.45, 2.75) is 46.2 Å². The Balaban J connectivity index is 1.56. The second kappa shape index (κ2) is 8.69. The average Bonchev–Trinajstić information content (AvgIpc) is 2.86. The van der Waals surface area contributed by atoms with Crippen molar-refractivity contribution >= 4 is 23.1 Å². The summed E-state index contributed by atoms with van der Waals surface area (Å²) in [5.74, 6) is 0.856. The van der Waals surface area contributed by atoms with Gasteiger partial charge in [0.25, 0.3) is 0 Å². The number of para-hydroxylation sites is 2. The first-order chi connectivity index (χ1) is 15.3. The van der Waals surface area contributed by atoms with Crippen molar-refractivity contribution in [3.8, 4) is 5.75 Å². The molecule has 32 heavy (non-hydrogen) atoms. The summed E-state index contributed by atoms with van der Waals surface area (Å²) in [5.41, 5.74) is 4.55. The van der Waals surface area contributed by atoms with E-state index in [2.05, 4.69) is 24.5 Å². The van der Waals surface area contributed by atoms with Crippen molar-refractivity contribution in [3.05, 3.63) is 65.4 Å². The van der Waals surface area contributed by atoms with Gasteiger partial charge in [-0.05, 0) is 48.6 Å². The Morgan fingerprint density at radius 2 is 1.88 bits per heavy atom. The number of carbonyl (C=O) groups is 2. The monoisotopic (exact) mass is 433 g/mol. The number of ketones is 1. The number of carbonyl (C=O) groups excluding carboxylic acids is 2. The minimum Gasteiger partial charge on any atom is -0.497 e. The zero-order valence-electron chi connectivity index (χ0n) is 19.2. The van der Waals surface area contributed by atoms with E-state index in [9.17, 15) is 9.59 Å². The Morgan fingerprint density at radius 1 is 1.16 bits per heavy atom. The van der Waals surface area contributed by atoms with Gasteiger partial charge < -0.3 is 20.3 Å². The van der Waals surface area contributed by atoms with E-state index in [1.54, 1.807) is 7.11 Å². The third-order valence-electron chi connectivity index (χ3n) is 6.27. The number of amides is 1. The summed E-state index contributed by atoms with van der Waals surface area (Å²) < 4.78 is 5.19. The van der Waals surface area contributed by atoms with Crippen LogP contribution in [0, 0.1) is 5.41 Å². The van der Waals surface area contributed by atoms with Crippen molar-refractivity contribution in [2.24, 2.45) is 5.41 Å². The van der Waals surface area contributed by atoms with Crippen LogP contribution in [0.5, 0.6) is 5.75 Å². The van der Waals surface area contributed by atoms with Gasteiger partial charge in [-0.1, -0.05) is 38.1 Å². The first kappa shape index (κ1) is 21.9. The smallest absolute Gasteiger partial charge is 0.239 e. The summed E-state index contributed by atoms with van der Waals surface area (Å²) in [4.78, 5) is 28.1. The van der Waals surface area contributed by atoms with Crippen LogP contribution in [0.25, 0.3) is 0 Å². The maximum absolute atomic E-state index is 13.1. The number of rotatable bonds is 5. The summed E-state index contributed by atoms with van der Waals surface area (Å²) >= 11 is 0. The molecule has 0 bridgehead atoms. The summed E-state index contributed by atoms with van der Waals surface area (Å²) in [6.45, 7) is 6.88. The quantitative estimate of drug-likeness (QED) is 0.737. The molecule has 0 saturated carbocycles. The topological polar surface area (TPSA) is 70.7 Å². The number of nitrogens with zero attached hydrogens (tertiary/aromatic N) is 1. The van der Waals surface area contributed by atoms with Crippen molar-refractivity contribution in [3.63, 3.8) is 0 Å². The molecule has 6 nitrogen and oxygen atoms in total. The van der Waals surface area contributed by atoms with Gasteiger partial charge in [0.1, 0.15) is 5.75 Å². The SMILES string of the molecule is COc1ccc(CNC(=O)CN2c3ccccc3NC3=C(C(=O)CC(C)(C)C3)C2C)cc1. The molecule has 168 valence electrons. The molecule has 1 atom stereocenters. The minimum absolute atomic E-state index is 0.0809. The summed E-state index contributed by atoms with van der Waals surface area (Å²) in [6.07, 6.45) is 1.33. The summed E-state index contributed by atoms with van der Waals surface area (Å²) in [5, 5.41) is 6.53. The highest BCUT2D eigenvalue weighted by molar-refractivity contribution is 6.01. The number of anilines is 2. The lowest BCUT2D eigenvalue weighted by Crippen LogP contribution is -2.44. The van der Waals surface area contributed by atoms with Gasteiger partial charge in [0.05, 0.1) is 31.1 Å². The predicted octanol–water partition coefficient (Wildman–Crippen LogP) is 4.28. The van der Waals surface area contributed by atoms with Gasteiger partial charge in [0.2, 0.25) is 5.91 Å². The number of hydrogen-bond donors (Lipinski definition) is 2. The largest absolute Gasteiger partial charge is 0.497 e. The average molecular weight is 434 g/mol. The van der Waals surface area contributed by atoms with Crippen molar-refractivity contribution in [2.75, 3.05) is 23.9 Å². The molecule has 2 N–H and O–H groups in total. The zero-order chi connectivity index (χ0) is 22.9. The molecule has 0 aromatic heterocycles. The molecular weight excluding hydrogens is 402 g/mol. The van der Waals surface area contributed by atoms with Crippen LogP contribution in [0.4, 0.5) is 11.4 Å². The van der Waals surface area contributed by atoms with Crippen LogP contribution in [0.1, 0.15) is 39.2 Å². The molecule has 1 aliphatic carbocycles. The molecule has 0 spiro atoms. The Morgan fingerprint density at radius 3 is 2.59 bits per heavy atom. The summed E-state index contributed by atoms with van der Waals surface area (Å²) in [7, 11) is 1.63. The number of methoxy groups -OCH3 is 1. The van der Waals surface area contributed by atoms with Crippen LogP contribution in [-0.4, -0.2) is 31.4 Å². The third-order valence-corrected chi connectivity index (χ3v) is 6.27.